The number of hydrogen-bond acceptors (Lipinski definition) is 3. The van der Waals surface area contributed by atoms with Crippen LogP contribution in [-0.2, 0) is 4.74 Å². The lowest BCUT2D eigenvalue weighted by atomic mass is 10.1. The summed E-state index contributed by atoms with van der Waals surface area (Å²) >= 11 is 0. The maximum atomic E-state index is 12.6. The van der Waals surface area contributed by atoms with Crippen molar-refractivity contribution in [3.63, 3.8) is 0 Å². The van der Waals surface area contributed by atoms with Gasteiger partial charge in [0.25, 0.3) is 5.91 Å². The Morgan fingerprint density at radius 1 is 1.19 bits per heavy atom. The van der Waals surface area contributed by atoms with Crippen LogP contribution in [0.3, 0.4) is 0 Å². The van der Waals surface area contributed by atoms with Gasteiger partial charge in [0.05, 0.1) is 12.2 Å². The highest BCUT2D eigenvalue weighted by molar-refractivity contribution is 6.07. The van der Waals surface area contributed by atoms with Crippen LogP contribution in [0.4, 0.5) is 5.69 Å². The van der Waals surface area contributed by atoms with Crippen molar-refractivity contribution in [1.82, 2.24) is 0 Å². The van der Waals surface area contributed by atoms with E-state index in [2.05, 4.69) is 0 Å². The molecular weight excluding hydrogens is 266 g/mol. The van der Waals surface area contributed by atoms with Crippen LogP contribution in [0.15, 0.2) is 54.6 Å². The molecule has 4 heteroatoms. The molecule has 2 aromatic carbocycles. The Hall–Kier alpha value is -2.33. The van der Waals surface area contributed by atoms with Gasteiger partial charge in [0.1, 0.15) is 18.5 Å². The molecule has 0 radical (unpaired) electrons. The Labute approximate surface area is 123 Å². The Morgan fingerprint density at radius 2 is 1.86 bits per heavy atom. The zero-order valence-electron chi connectivity index (χ0n) is 11.9. The summed E-state index contributed by atoms with van der Waals surface area (Å²) in [5.41, 5.74) is 1.41. The summed E-state index contributed by atoms with van der Waals surface area (Å²) < 4.78 is 10.8. The summed E-state index contributed by atoms with van der Waals surface area (Å²) in [4.78, 5) is 14.3. The minimum absolute atomic E-state index is 0.0893. The van der Waals surface area contributed by atoms with Gasteiger partial charge in [-0.1, -0.05) is 30.3 Å². The van der Waals surface area contributed by atoms with Crippen LogP contribution in [0.1, 0.15) is 10.4 Å². The van der Waals surface area contributed by atoms with E-state index in [0.717, 1.165) is 12.3 Å². The second-order valence-electron chi connectivity index (χ2n) is 4.96. The topological polar surface area (TPSA) is 42.1 Å². The van der Waals surface area contributed by atoms with Gasteiger partial charge in [-0.25, -0.2) is 0 Å². The number of para-hydroxylation sites is 2. The molecule has 1 atom stereocenters. The molecule has 0 saturated carbocycles. The third kappa shape index (κ3) is 3.23. The second-order valence-corrected chi connectivity index (χ2v) is 4.96. The van der Waals surface area contributed by atoms with Crippen LogP contribution in [0, 0.1) is 0 Å². The minimum atomic E-state index is -0.0893. The Bertz CT molecular complexity index is 623. The van der Waals surface area contributed by atoms with Crippen molar-refractivity contribution < 1.29 is 14.3 Å². The first-order chi connectivity index (χ1) is 10.3. The number of carbonyl (C=O) groups is 1. The number of nitrogens with zero attached hydrogens (tertiary/aromatic N) is 1. The normalized spacial score (nSPS) is 16.3. The fraction of sp³-hybridized carbons (Fsp3) is 0.235. The Kier molecular flexibility index (Phi) is 3.88. The second kappa shape index (κ2) is 5.97. The number of benzene rings is 2. The molecule has 1 aliphatic heterocycles. The van der Waals surface area contributed by atoms with Crippen molar-refractivity contribution in [1.29, 1.82) is 0 Å². The lowest BCUT2D eigenvalue weighted by molar-refractivity contribution is 0.0988. The fourth-order valence-corrected chi connectivity index (χ4v) is 2.07. The van der Waals surface area contributed by atoms with Crippen LogP contribution in [0.2, 0.25) is 0 Å². The fourth-order valence-electron chi connectivity index (χ4n) is 2.07. The van der Waals surface area contributed by atoms with E-state index >= 15 is 0 Å². The third-order valence-electron chi connectivity index (χ3n) is 3.39. The first-order valence-corrected chi connectivity index (χ1v) is 6.92. The van der Waals surface area contributed by atoms with E-state index in [0.29, 0.717) is 17.9 Å². The van der Waals surface area contributed by atoms with Crippen molar-refractivity contribution in [3.05, 3.63) is 60.2 Å². The highest BCUT2D eigenvalue weighted by atomic mass is 16.6. The van der Waals surface area contributed by atoms with Gasteiger partial charge in [-0.3, -0.25) is 4.79 Å². The van der Waals surface area contributed by atoms with Crippen molar-refractivity contribution in [3.8, 4) is 5.75 Å². The highest BCUT2D eigenvalue weighted by Gasteiger charge is 2.24. The first-order valence-electron chi connectivity index (χ1n) is 6.92. The quantitative estimate of drug-likeness (QED) is 0.792. The first kappa shape index (κ1) is 13.6. The van der Waals surface area contributed by atoms with Crippen molar-refractivity contribution in [2.45, 2.75) is 6.10 Å². The lowest BCUT2D eigenvalue weighted by Crippen LogP contribution is -2.26. The summed E-state index contributed by atoms with van der Waals surface area (Å²) in [5, 5.41) is 0. The largest absolute Gasteiger partial charge is 0.490 e. The number of hydrogen-bond donors (Lipinski definition) is 0. The zero-order chi connectivity index (χ0) is 14.7. The molecule has 1 heterocycles. The predicted octanol–water partition coefficient (Wildman–Crippen LogP) is 2.74. The molecule has 1 amide bonds. The molecule has 0 unspecified atom stereocenters. The number of rotatable bonds is 5. The van der Waals surface area contributed by atoms with Gasteiger partial charge in [-0.15, -0.1) is 0 Å². The van der Waals surface area contributed by atoms with Crippen LogP contribution in [0.25, 0.3) is 0 Å². The molecule has 0 spiro atoms. The molecule has 0 aliphatic carbocycles. The number of anilines is 1. The van der Waals surface area contributed by atoms with Gasteiger partial charge in [0.2, 0.25) is 0 Å². The maximum Gasteiger partial charge on any atom is 0.261 e. The Morgan fingerprint density at radius 3 is 2.57 bits per heavy atom. The summed E-state index contributed by atoms with van der Waals surface area (Å²) in [5.74, 6) is 0.509. The molecule has 1 fully saturated rings. The number of carbonyl (C=O) groups excluding carboxylic acids is 1. The molecule has 1 aliphatic rings. The van der Waals surface area contributed by atoms with E-state index in [-0.39, 0.29) is 12.0 Å². The van der Waals surface area contributed by atoms with Gasteiger partial charge < -0.3 is 14.4 Å². The van der Waals surface area contributed by atoms with Crippen molar-refractivity contribution in [2.24, 2.45) is 0 Å². The number of ether oxygens (including phenoxy) is 2. The zero-order valence-corrected chi connectivity index (χ0v) is 11.9. The summed E-state index contributed by atoms with van der Waals surface area (Å²) in [6.07, 6.45) is 0.167. The van der Waals surface area contributed by atoms with Crippen LogP contribution in [-0.4, -0.2) is 32.3 Å². The SMILES string of the molecule is CN(C(=O)c1ccccc1OC[C@@H]1CO1)c1ccccc1. The summed E-state index contributed by atoms with van der Waals surface area (Å²) in [6.45, 7) is 1.22. The number of amides is 1. The molecular formula is C17H17NO3. The standard InChI is InChI=1S/C17H17NO3/c1-18(13-7-3-2-4-8-13)17(19)15-9-5-6-10-16(15)21-12-14-11-20-14/h2-10,14H,11-12H2,1H3/t14-/m0/s1. The molecule has 2 aromatic rings. The minimum Gasteiger partial charge on any atom is -0.490 e. The van der Waals surface area contributed by atoms with Crippen molar-refractivity contribution in [2.75, 3.05) is 25.2 Å². The van der Waals surface area contributed by atoms with Gasteiger partial charge in [0, 0.05) is 12.7 Å². The van der Waals surface area contributed by atoms with E-state index < -0.39 is 0 Å². The van der Waals surface area contributed by atoms with Crippen LogP contribution >= 0.6 is 0 Å². The van der Waals surface area contributed by atoms with E-state index in [9.17, 15) is 4.79 Å². The van der Waals surface area contributed by atoms with Crippen molar-refractivity contribution >= 4 is 11.6 Å². The predicted molar refractivity (Wildman–Crippen MR) is 80.9 cm³/mol. The molecule has 0 N–H and O–H groups in total. The van der Waals surface area contributed by atoms with Gasteiger partial charge in [-0.2, -0.15) is 0 Å². The molecule has 3 rings (SSSR count). The van der Waals surface area contributed by atoms with Crippen LogP contribution in [0.5, 0.6) is 5.75 Å². The highest BCUT2D eigenvalue weighted by Crippen LogP contribution is 2.23. The molecule has 108 valence electrons. The lowest BCUT2D eigenvalue weighted by Gasteiger charge is -2.19. The summed E-state index contributed by atoms with van der Waals surface area (Å²) in [6, 6.07) is 16.8. The number of epoxide rings is 1. The molecule has 0 bridgehead atoms. The van der Waals surface area contributed by atoms with E-state index in [1.807, 2.05) is 48.5 Å². The van der Waals surface area contributed by atoms with Gasteiger partial charge in [0.15, 0.2) is 0 Å². The van der Waals surface area contributed by atoms with E-state index in [4.69, 9.17) is 9.47 Å². The van der Waals surface area contributed by atoms with Gasteiger partial charge in [-0.05, 0) is 24.3 Å². The average molecular weight is 283 g/mol. The molecule has 0 aromatic heterocycles. The molecule has 4 nitrogen and oxygen atoms in total. The average Bonchev–Trinajstić information content (AvgIpc) is 3.37. The summed E-state index contributed by atoms with van der Waals surface area (Å²) in [7, 11) is 1.76. The third-order valence-corrected chi connectivity index (χ3v) is 3.39. The van der Waals surface area contributed by atoms with Crippen LogP contribution < -0.4 is 9.64 Å². The smallest absolute Gasteiger partial charge is 0.261 e. The van der Waals surface area contributed by atoms with Gasteiger partial charge >= 0.3 is 0 Å². The maximum absolute atomic E-state index is 12.6. The van der Waals surface area contributed by atoms with E-state index in [1.54, 1.807) is 18.0 Å². The molecule has 21 heavy (non-hydrogen) atoms. The monoisotopic (exact) mass is 283 g/mol. The Balaban J connectivity index is 1.80. The van der Waals surface area contributed by atoms with E-state index in [1.165, 1.54) is 0 Å². The molecule has 1 saturated heterocycles.